The van der Waals surface area contributed by atoms with E-state index in [2.05, 4.69) is 34.1 Å². The van der Waals surface area contributed by atoms with Crippen LogP contribution in [0.15, 0.2) is 164 Å². The number of nitrogens with two attached hydrogens (primary N) is 3. The average molecular weight is 709 g/mol. The van der Waals surface area contributed by atoms with Gasteiger partial charge in [-0.05, 0) is 161 Å². The third-order valence-corrected chi connectivity index (χ3v) is 8.88. The van der Waals surface area contributed by atoms with E-state index in [9.17, 15) is 14.4 Å². The Morgan fingerprint density at radius 3 is 0.741 bits per heavy atom. The SMILES string of the molecule is Nc1ccc(C(=O)Nc2ccc(-c3cc(-c4ccc(NC(=O)c5ccc(N)cc5)cc4)cc(-c4ccc(NC(=O)c5ccc(N)cc5)cc4)c3)cc2)cc1. The van der Waals surface area contributed by atoms with Crippen LogP contribution in [0.25, 0.3) is 33.4 Å². The summed E-state index contributed by atoms with van der Waals surface area (Å²) < 4.78 is 0. The third-order valence-electron chi connectivity index (χ3n) is 8.88. The number of amides is 3. The van der Waals surface area contributed by atoms with Crippen LogP contribution in [0.1, 0.15) is 31.1 Å². The van der Waals surface area contributed by atoms with E-state index >= 15 is 0 Å². The minimum Gasteiger partial charge on any atom is -0.399 e. The molecule has 0 bridgehead atoms. The number of hydrogen-bond donors (Lipinski definition) is 6. The monoisotopic (exact) mass is 708 g/mol. The number of nitrogen functional groups attached to an aromatic ring is 3. The molecule has 0 aliphatic heterocycles. The van der Waals surface area contributed by atoms with Gasteiger partial charge in [0.15, 0.2) is 0 Å². The molecular formula is C45H36N6O3. The standard InChI is InChI=1S/C45H36N6O3/c46-37-13-1-31(2-14-37)43(52)49-40-19-7-28(8-20-40)34-25-35(29-9-21-41(22-10-29)50-44(53)32-3-15-38(47)16-4-32)27-36(26-34)30-11-23-42(24-12-30)51-45(54)33-5-17-39(48)18-6-33/h1-27H,46-48H2,(H,49,52)(H,50,53)(H,51,54). The second-order valence-corrected chi connectivity index (χ2v) is 12.8. The zero-order chi connectivity index (χ0) is 37.6. The van der Waals surface area contributed by atoms with Crippen molar-refractivity contribution < 1.29 is 14.4 Å². The molecule has 0 atom stereocenters. The molecule has 9 nitrogen and oxygen atoms in total. The summed E-state index contributed by atoms with van der Waals surface area (Å²) in [6.07, 6.45) is 0. The molecule has 7 aromatic carbocycles. The molecule has 0 heterocycles. The molecule has 9 N–H and O–H groups in total. The molecule has 0 aliphatic carbocycles. The highest BCUT2D eigenvalue weighted by atomic mass is 16.2. The Bertz CT molecular complexity index is 2150. The molecule has 7 rings (SSSR count). The van der Waals surface area contributed by atoms with Gasteiger partial charge < -0.3 is 33.2 Å². The van der Waals surface area contributed by atoms with Crippen molar-refractivity contribution >= 4 is 51.8 Å². The van der Waals surface area contributed by atoms with Gasteiger partial charge in [-0.2, -0.15) is 0 Å². The highest BCUT2D eigenvalue weighted by molar-refractivity contribution is 6.06. The molecule has 0 spiro atoms. The number of rotatable bonds is 9. The van der Waals surface area contributed by atoms with Crippen LogP contribution in [-0.4, -0.2) is 17.7 Å². The molecular weight excluding hydrogens is 673 g/mol. The van der Waals surface area contributed by atoms with Crippen molar-refractivity contribution in [3.63, 3.8) is 0 Å². The van der Waals surface area contributed by atoms with Crippen LogP contribution in [0.3, 0.4) is 0 Å². The number of anilines is 6. The van der Waals surface area contributed by atoms with E-state index in [1.807, 2.05) is 72.8 Å². The van der Waals surface area contributed by atoms with Crippen molar-refractivity contribution in [3.8, 4) is 33.4 Å². The summed E-state index contributed by atoms with van der Waals surface area (Å²) in [4.78, 5) is 38.4. The first-order valence-corrected chi connectivity index (χ1v) is 17.1. The number of hydrogen-bond acceptors (Lipinski definition) is 6. The Hall–Kier alpha value is -7.65. The quantitative estimate of drug-likeness (QED) is 0.0818. The van der Waals surface area contributed by atoms with Crippen LogP contribution >= 0.6 is 0 Å². The van der Waals surface area contributed by atoms with Gasteiger partial charge in [0.05, 0.1) is 0 Å². The predicted octanol–water partition coefficient (Wildman–Crippen LogP) is 9.19. The first-order valence-electron chi connectivity index (χ1n) is 17.1. The fourth-order valence-corrected chi connectivity index (χ4v) is 5.88. The Morgan fingerprint density at radius 2 is 0.519 bits per heavy atom. The van der Waals surface area contributed by atoms with Crippen molar-refractivity contribution in [1.29, 1.82) is 0 Å². The van der Waals surface area contributed by atoms with Crippen LogP contribution in [0, 0.1) is 0 Å². The van der Waals surface area contributed by atoms with Crippen molar-refractivity contribution in [2.45, 2.75) is 0 Å². The van der Waals surface area contributed by atoms with Gasteiger partial charge in [-0.3, -0.25) is 14.4 Å². The van der Waals surface area contributed by atoms with Crippen molar-refractivity contribution in [2.24, 2.45) is 0 Å². The van der Waals surface area contributed by atoms with E-state index in [4.69, 9.17) is 17.2 Å². The van der Waals surface area contributed by atoms with E-state index in [0.29, 0.717) is 50.8 Å². The summed E-state index contributed by atoms with van der Waals surface area (Å²) in [5.41, 5.74) is 28.3. The van der Waals surface area contributed by atoms with Gasteiger partial charge in [-0.25, -0.2) is 0 Å². The summed E-state index contributed by atoms with van der Waals surface area (Å²) >= 11 is 0. The van der Waals surface area contributed by atoms with Crippen LogP contribution in [0.4, 0.5) is 34.1 Å². The Kier molecular flexibility index (Phi) is 9.86. The van der Waals surface area contributed by atoms with Crippen LogP contribution in [0.2, 0.25) is 0 Å². The molecule has 54 heavy (non-hydrogen) atoms. The van der Waals surface area contributed by atoms with Crippen molar-refractivity contribution in [3.05, 3.63) is 180 Å². The highest BCUT2D eigenvalue weighted by Gasteiger charge is 2.12. The molecule has 7 aromatic rings. The van der Waals surface area contributed by atoms with Gasteiger partial charge in [0.2, 0.25) is 0 Å². The molecule has 0 aliphatic rings. The van der Waals surface area contributed by atoms with E-state index in [1.54, 1.807) is 72.8 Å². The number of benzene rings is 7. The largest absolute Gasteiger partial charge is 0.399 e. The van der Waals surface area contributed by atoms with Gasteiger partial charge in [0.1, 0.15) is 0 Å². The maximum Gasteiger partial charge on any atom is 0.255 e. The van der Waals surface area contributed by atoms with E-state index in [-0.39, 0.29) is 17.7 Å². The Balaban J connectivity index is 1.16. The second-order valence-electron chi connectivity index (χ2n) is 12.8. The summed E-state index contributed by atoms with van der Waals surface area (Å²) in [6.45, 7) is 0. The molecule has 264 valence electrons. The first kappa shape index (κ1) is 34.8. The van der Waals surface area contributed by atoms with Crippen LogP contribution in [0.5, 0.6) is 0 Å². The fourth-order valence-electron chi connectivity index (χ4n) is 5.88. The molecule has 3 amide bonds. The maximum absolute atomic E-state index is 12.8. The fraction of sp³-hybridized carbons (Fsp3) is 0. The minimum atomic E-state index is -0.228. The highest BCUT2D eigenvalue weighted by Crippen LogP contribution is 2.34. The van der Waals surface area contributed by atoms with Gasteiger partial charge in [0.25, 0.3) is 17.7 Å². The molecule has 0 unspecified atom stereocenters. The van der Waals surface area contributed by atoms with Crippen LogP contribution in [-0.2, 0) is 0 Å². The molecule has 0 fully saturated rings. The second kappa shape index (κ2) is 15.3. The lowest BCUT2D eigenvalue weighted by Gasteiger charge is -2.13. The molecule has 0 radical (unpaired) electrons. The van der Waals surface area contributed by atoms with Crippen molar-refractivity contribution in [1.82, 2.24) is 0 Å². The molecule has 0 aromatic heterocycles. The zero-order valence-corrected chi connectivity index (χ0v) is 29.0. The van der Waals surface area contributed by atoms with Gasteiger partial charge in [-0.1, -0.05) is 36.4 Å². The molecule has 9 heteroatoms. The Labute approximate surface area is 312 Å². The summed E-state index contributed by atoms with van der Waals surface area (Å²) in [5.74, 6) is -0.685. The van der Waals surface area contributed by atoms with Gasteiger partial charge >= 0.3 is 0 Å². The number of carbonyl (C=O) groups excluding carboxylic acids is 3. The van der Waals surface area contributed by atoms with E-state index < -0.39 is 0 Å². The molecule has 0 saturated heterocycles. The number of carbonyl (C=O) groups is 3. The normalized spacial score (nSPS) is 10.7. The minimum absolute atomic E-state index is 0.228. The molecule has 0 saturated carbocycles. The van der Waals surface area contributed by atoms with Gasteiger partial charge in [-0.15, -0.1) is 0 Å². The van der Waals surface area contributed by atoms with Gasteiger partial charge in [0, 0.05) is 50.8 Å². The lowest BCUT2D eigenvalue weighted by atomic mass is 9.93. The average Bonchev–Trinajstić information content (AvgIpc) is 3.19. The maximum atomic E-state index is 12.8. The number of nitrogens with one attached hydrogen (secondary N) is 3. The Morgan fingerprint density at radius 1 is 0.296 bits per heavy atom. The first-order chi connectivity index (χ1) is 26.2. The van der Waals surface area contributed by atoms with E-state index in [0.717, 1.165) is 33.4 Å². The summed E-state index contributed by atoms with van der Waals surface area (Å²) in [7, 11) is 0. The summed E-state index contributed by atoms with van der Waals surface area (Å²) in [5, 5.41) is 8.83. The van der Waals surface area contributed by atoms with Crippen molar-refractivity contribution in [2.75, 3.05) is 33.2 Å². The summed E-state index contributed by atoms with van der Waals surface area (Å²) in [6, 6.07) is 49.6. The lowest BCUT2D eigenvalue weighted by molar-refractivity contribution is 0.101. The lowest BCUT2D eigenvalue weighted by Crippen LogP contribution is -2.11. The van der Waals surface area contributed by atoms with E-state index in [1.165, 1.54) is 0 Å². The predicted molar refractivity (Wildman–Crippen MR) is 219 cm³/mol. The zero-order valence-electron chi connectivity index (χ0n) is 29.0. The smallest absolute Gasteiger partial charge is 0.255 e. The third kappa shape index (κ3) is 8.28. The topological polar surface area (TPSA) is 165 Å². The van der Waals surface area contributed by atoms with Crippen LogP contribution < -0.4 is 33.2 Å².